The van der Waals surface area contributed by atoms with Crippen LogP contribution in [0, 0.1) is 11.8 Å². The number of piperidine rings is 1. The Morgan fingerprint density at radius 2 is 1.92 bits per heavy atom. The molecule has 3 heterocycles. The van der Waals surface area contributed by atoms with E-state index in [2.05, 4.69) is 17.1 Å². The fourth-order valence-corrected chi connectivity index (χ4v) is 5.07. The van der Waals surface area contributed by atoms with Gasteiger partial charge in [-0.15, -0.1) is 0 Å². The van der Waals surface area contributed by atoms with E-state index in [1.165, 1.54) is 12.8 Å². The van der Waals surface area contributed by atoms with Gasteiger partial charge in [0.25, 0.3) is 5.91 Å². The van der Waals surface area contributed by atoms with Crippen molar-refractivity contribution in [3.05, 3.63) is 35.9 Å². The molecule has 1 N–H and O–H groups in total. The number of benzene rings is 1. The molecular formula is C21H29N3O2. The third kappa shape index (κ3) is 3.02. The summed E-state index contributed by atoms with van der Waals surface area (Å²) in [7, 11) is 0. The van der Waals surface area contributed by atoms with Crippen LogP contribution in [0.4, 0.5) is 0 Å². The van der Waals surface area contributed by atoms with E-state index in [0.717, 1.165) is 51.1 Å². The van der Waals surface area contributed by atoms with Gasteiger partial charge in [-0.1, -0.05) is 31.5 Å². The van der Waals surface area contributed by atoms with Crippen molar-refractivity contribution in [3.8, 4) is 0 Å². The summed E-state index contributed by atoms with van der Waals surface area (Å²) >= 11 is 0. The zero-order chi connectivity index (χ0) is 18.1. The van der Waals surface area contributed by atoms with E-state index in [0.29, 0.717) is 5.92 Å². The predicted octanol–water partition coefficient (Wildman–Crippen LogP) is 2.14. The largest absolute Gasteiger partial charge is 0.350 e. The van der Waals surface area contributed by atoms with Crippen molar-refractivity contribution in [1.82, 2.24) is 15.1 Å². The third-order valence-electron chi connectivity index (χ3n) is 6.61. The van der Waals surface area contributed by atoms with Crippen molar-refractivity contribution >= 4 is 11.8 Å². The molecule has 140 valence electrons. The van der Waals surface area contributed by atoms with Crippen LogP contribution < -0.4 is 5.32 Å². The lowest BCUT2D eigenvalue weighted by molar-refractivity contribution is -0.123. The van der Waals surface area contributed by atoms with Crippen molar-refractivity contribution in [3.63, 3.8) is 0 Å². The minimum absolute atomic E-state index is 0.101. The summed E-state index contributed by atoms with van der Waals surface area (Å²) in [6.07, 6.45) is 4.15. The van der Waals surface area contributed by atoms with Gasteiger partial charge in [-0.3, -0.25) is 9.59 Å². The molecule has 0 aromatic heterocycles. The van der Waals surface area contributed by atoms with E-state index in [-0.39, 0.29) is 23.3 Å². The fraction of sp³-hybridized carbons (Fsp3) is 0.619. The monoisotopic (exact) mass is 355 g/mol. The van der Waals surface area contributed by atoms with Crippen LogP contribution in [0.1, 0.15) is 43.0 Å². The zero-order valence-electron chi connectivity index (χ0n) is 15.6. The van der Waals surface area contributed by atoms with Crippen molar-refractivity contribution in [1.29, 1.82) is 0 Å². The van der Waals surface area contributed by atoms with Gasteiger partial charge in [0, 0.05) is 43.2 Å². The lowest BCUT2D eigenvalue weighted by Crippen LogP contribution is -2.56. The van der Waals surface area contributed by atoms with Crippen LogP contribution in [-0.4, -0.2) is 59.9 Å². The number of likely N-dealkylation sites (tertiary alicyclic amines) is 2. The first-order chi connectivity index (χ1) is 12.6. The lowest BCUT2D eigenvalue weighted by Gasteiger charge is -2.42. The van der Waals surface area contributed by atoms with E-state index >= 15 is 0 Å². The highest BCUT2D eigenvalue weighted by molar-refractivity contribution is 5.94. The quantitative estimate of drug-likeness (QED) is 0.900. The van der Waals surface area contributed by atoms with Gasteiger partial charge in [0.1, 0.15) is 0 Å². The number of hydrogen-bond donors (Lipinski definition) is 1. The van der Waals surface area contributed by atoms with Crippen molar-refractivity contribution in [2.45, 2.75) is 38.1 Å². The van der Waals surface area contributed by atoms with E-state index in [9.17, 15) is 9.59 Å². The van der Waals surface area contributed by atoms with Crippen LogP contribution in [-0.2, 0) is 4.79 Å². The zero-order valence-corrected chi connectivity index (χ0v) is 15.6. The number of unbranched alkanes of at least 4 members (excludes halogenated alkanes) is 1. The van der Waals surface area contributed by atoms with Crippen LogP contribution in [0.5, 0.6) is 0 Å². The molecule has 3 fully saturated rings. The molecule has 0 saturated carbocycles. The van der Waals surface area contributed by atoms with Gasteiger partial charge in [-0.05, 0) is 37.9 Å². The summed E-state index contributed by atoms with van der Waals surface area (Å²) in [6.45, 7) is 6.70. The predicted molar refractivity (Wildman–Crippen MR) is 101 cm³/mol. The molecule has 1 aromatic carbocycles. The molecule has 3 aliphatic rings. The summed E-state index contributed by atoms with van der Waals surface area (Å²) < 4.78 is 0. The smallest absolute Gasteiger partial charge is 0.253 e. The number of nitrogens with zero attached hydrogens (tertiary/aromatic N) is 2. The van der Waals surface area contributed by atoms with Gasteiger partial charge in [0.2, 0.25) is 5.91 Å². The fourth-order valence-electron chi connectivity index (χ4n) is 5.07. The van der Waals surface area contributed by atoms with E-state index in [1.807, 2.05) is 35.2 Å². The number of rotatable bonds is 4. The molecule has 0 aliphatic carbocycles. The van der Waals surface area contributed by atoms with Crippen molar-refractivity contribution < 1.29 is 9.59 Å². The van der Waals surface area contributed by atoms with Gasteiger partial charge in [-0.25, -0.2) is 0 Å². The number of nitrogens with one attached hydrogen (secondary N) is 1. The maximum atomic E-state index is 12.7. The first-order valence-electron chi connectivity index (χ1n) is 10.0. The molecule has 5 nitrogen and oxygen atoms in total. The Kier molecular flexibility index (Phi) is 4.74. The standard InChI is InChI=1S/C21H29N3O2/c1-2-3-11-23-14-17-18(15-23)21(22-19(17)25)9-12-24(13-10-21)20(26)16-7-5-4-6-8-16/h4-8,17-18H,2-3,9-15H2,1H3,(H,22,25)/t17-,18+/m1/s1. The molecule has 3 saturated heterocycles. The SMILES string of the molecule is CCCCN1C[C@H]2C(=O)NC3(CCN(C(=O)c4ccccc4)CC3)[C@H]2C1. The molecule has 2 atom stereocenters. The van der Waals surface area contributed by atoms with Gasteiger partial charge in [0.05, 0.1) is 5.92 Å². The Morgan fingerprint density at radius 3 is 2.62 bits per heavy atom. The molecule has 2 amide bonds. The summed E-state index contributed by atoms with van der Waals surface area (Å²) in [6, 6.07) is 9.50. The maximum Gasteiger partial charge on any atom is 0.253 e. The van der Waals surface area contributed by atoms with Crippen LogP contribution in [0.2, 0.25) is 0 Å². The summed E-state index contributed by atoms with van der Waals surface area (Å²) in [5, 5.41) is 3.34. The number of hydrogen-bond acceptors (Lipinski definition) is 3. The second-order valence-corrected chi connectivity index (χ2v) is 8.13. The van der Waals surface area contributed by atoms with Crippen molar-refractivity contribution in [2.24, 2.45) is 11.8 Å². The molecule has 5 heteroatoms. The van der Waals surface area contributed by atoms with Gasteiger partial charge in [-0.2, -0.15) is 0 Å². The second-order valence-electron chi connectivity index (χ2n) is 8.13. The molecular weight excluding hydrogens is 326 g/mol. The Morgan fingerprint density at radius 1 is 1.19 bits per heavy atom. The number of carbonyl (C=O) groups excluding carboxylic acids is 2. The number of fused-ring (bicyclic) bond motifs is 2. The van der Waals surface area contributed by atoms with Gasteiger partial charge < -0.3 is 15.1 Å². The highest BCUT2D eigenvalue weighted by Crippen LogP contribution is 2.44. The molecule has 1 spiro atoms. The summed E-state index contributed by atoms with van der Waals surface area (Å²) in [4.78, 5) is 29.7. The Hall–Kier alpha value is -1.88. The van der Waals surface area contributed by atoms with Crippen LogP contribution in [0.25, 0.3) is 0 Å². The van der Waals surface area contributed by atoms with Gasteiger partial charge in [0.15, 0.2) is 0 Å². The number of carbonyl (C=O) groups is 2. The average molecular weight is 355 g/mol. The minimum Gasteiger partial charge on any atom is -0.350 e. The molecule has 3 aliphatic heterocycles. The Bertz CT molecular complexity index is 667. The highest BCUT2D eigenvalue weighted by Gasteiger charge is 2.57. The van der Waals surface area contributed by atoms with E-state index in [1.54, 1.807) is 0 Å². The van der Waals surface area contributed by atoms with E-state index < -0.39 is 0 Å². The van der Waals surface area contributed by atoms with E-state index in [4.69, 9.17) is 0 Å². The molecule has 0 bridgehead atoms. The first kappa shape index (κ1) is 17.5. The van der Waals surface area contributed by atoms with Crippen LogP contribution in [0.3, 0.4) is 0 Å². The topological polar surface area (TPSA) is 52.7 Å². The third-order valence-corrected chi connectivity index (χ3v) is 6.61. The van der Waals surface area contributed by atoms with Crippen LogP contribution >= 0.6 is 0 Å². The van der Waals surface area contributed by atoms with Gasteiger partial charge >= 0.3 is 0 Å². The molecule has 0 unspecified atom stereocenters. The minimum atomic E-state index is -0.101. The van der Waals surface area contributed by atoms with Crippen molar-refractivity contribution in [2.75, 3.05) is 32.7 Å². The second kappa shape index (κ2) is 7.03. The lowest BCUT2D eigenvalue weighted by atomic mass is 9.75. The average Bonchev–Trinajstić information content (AvgIpc) is 3.21. The Labute approximate surface area is 155 Å². The molecule has 26 heavy (non-hydrogen) atoms. The normalized spacial score (nSPS) is 27.6. The summed E-state index contributed by atoms with van der Waals surface area (Å²) in [5.41, 5.74) is 0.652. The Balaban J connectivity index is 1.42. The first-order valence-corrected chi connectivity index (χ1v) is 10.0. The molecule has 0 radical (unpaired) electrons. The maximum absolute atomic E-state index is 12.7. The number of amides is 2. The highest BCUT2D eigenvalue weighted by atomic mass is 16.2. The molecule has 4 rings (SSSR count). The van der Waals surface area contributed by atoms with Crippen LogP contribution in [0.15, 0.2) is 30.3 Å². The molecule has 1 aromatic rings. The summed E-state index contributed by atoms with van der Waals surface area (Å²) in [5.74, 6) is 0.887.